The van der Waals surface area contributed by atoms with Gasteiger partial charge in [0.05, 0.1) is 10.7 Å². The van der Waals surface area contributed by atoms with Gasteiger partial charge in [-0.15, -0.1) is 0 Å². The number of carboxylic acids is 1. The molecular formula is C15H16ClN3O3. The van der Waals surface area contributed by atoms with Gasteiger partial charge in [0.15, 0.2) is 0 Å². The summed E-state index contributed by atoms with van der Waals surface area (Å²) in [5.74, 6) is -1.11. The average Bonchev–Trinajstić information content (AvgIpc) is 2.96. The first kappa shape index (κ1) is 16.0. The number of aliphatic carboxylic acids is 1. The van der Waals surface area contributed by atoms with Crippen molar-refractivity contribution in [3.8, 4) is 11.3 Å². The number of H-pyrrole nitrogens is 1. The molecule has 22 heavy (non-hydrogen) atoms. The minimum absolute atomic E-state index is 0.108. The number of unbranched alkanes of at least 4 members (excludes halogenated alkanes) is 1. The van der Waals surface area contributed by atoms with Crippen LogP contribution in [0.25, 0.3) is 11.3 Å². The molecule has 2 aromatic rings. The van der Waals surface area contributed by atoms with Crippen LogP contribution in [0.15, 0.2) is 30.3 Å². The minimum Gasteiger partial charge on any atom is -0.481 e. The van der Waals surface area contributed by atoms with Crippen LogP contribution in [-0.2, 0) is 4.79 Å². The number of rotatable bonds is 7. The molecule has 0 aliphatic heterocycles. The van der Waals surface area contributed by atoms with Crippen molar-refractivity contribution < 1.29 is 14.7 Å². The standard InChI is InChI=1S/C15H16ClN3O3/c16-11-6-2-1-5-10(11)12-9-13(19-18-12)15(22)17-8-4-3-7-14(20)21/h1-2,5-6,9H,3-4,7-8H2,(H,17,22)(H,18,19)(H,20,21). The van der Waals surface area contributed by atoms with Crippen molar-refractivity contribution in [1.29, 1.82) is 0 Å². The van der Waals surface area contributed by atoms with Crippen LogP contribution in [0.2, 0.25) is 5.02 Å². The number of hydrogen-bond donors (Lipinski definition) is 3. The lowest BCUT2D eigenvalue weighted by atomic mass is 10.1. The largest absolute Gasteiger partial charge is 0.481 e. The zero-order valence-corrected chi connectivity index (χ0v) is 12.6. The Morgan fingerprint density at radius 1 is 1.27 bits per heavy atom. The molecule has 0 aliphatic carbocycles. The molecule has 0 saturated carbocycles. The van der Waals surface area contributed by atoms with E-state index < -0.39 is 5.97 Å². The molecule has 1 heterocycles. The molecule has 1 aromatic heterocycles. The topological polar surface area (TPSA) is 95.1 Å². The monoisotopic (exact) mass is 321 g/mol. The lowest BCUT2D eigenvalue weighted by Gasteiger charge is -2.02. The normalized spacial score (nSPS) is 10.4. The van der Waals surface area contributed by atoms with E-state index in [1.165, 1.54) is 0 Å². The molecule has 0 radical (unpaired) electrons. The maximum absolute atomic E-state index is 11.9. The van der Waals surface area contributed by atoms with Gasteiger partial charge in [-0.3, -0.25) is 14.7 Å². The molecule has 0 unspecified atom stereocenters. The fourth-order valence-electron chi connectivity index (χ4n) is 1.94. The van der Waals surface area contributed by atoms with Crippen molar-refractivity contribution in [3.05, 3.63) is 41.0 Å². The third-order valence-electron chi connectivity index (χ3n) is 3.08. The maximum Gasteiger partial charge on any atom is 0.303 e. The van der Waals surface area contributed by atoms with Gasteiger partial charge in [0.1, 0.15) is 5.69 Å². The zero-order chi connectivity index (χ0) is 15.9. The molecule has 1 aromatic carbocycles. The van der Waals surface area contributed by atoms with Gasteiger partial charge in [-0.05, 0) is 25.0 Å². The number of nitrogens with one attached hydrogen (secondary N) is 2. The summed E-state index contributed by atoms with van der Waals surface area (Å²) in [6.45, 7) is 0.423. The maximum atomic E-state index is 11.9. The molecule has 0 fully saturated rings. The van der Waals surface area contributed by atoms with Gasteiger partial charge in [0.25, 0.3) is 5.91 Å². The Hall–Kier alpha value is -2.34. The van der Waals surface area contributed by atoms with Crippen molar-refractivity contribution in [2.24, 2.45) is 0 Å². The molecule has 0 aliphatic rings. The summed E-state index contributed by atoms with van der Waals surface area (Å²) in [4.78, 5) is 22.3. The molecule has 0 spiro atoms. The second-order valence-electron chi connectivity index (χ2n) is 4.75. The van der Waals surface area contributed by atoms with Crippen LogP contribution in [0.5, 0.6) is 0 Å². The first-order valence-electron chi connectivity index (χ1n) is 6.88. The van der Waals surface area contributed by atoms with Crippen molar-refractivity contribution in [2.45, 2.75) is 19.3 Å². The van der Waals surface area contributed by atoms with Crippen molar-refractivity contribution in [2.75, 3.05) is 6.54 Å². The molecule has 1 amide bonds. The van der Waals surface area contributed by atoms with Crippen LogP contribution < -0.4 is 5.32 Å². The van der Waals surface area contributed by atoms with E-state index >= 15 is 0 Å². The Balaban J connectivity index is 1.90. The predicted octanol–water partition coefficient (Wildman–Crippen LogP) is 2.71. The van der Waals surface area contributed by atoms with Crippen molar-refractivity contribution >= 4 is 23.5 Å². The molecule has 3 N–H and O–H groups in total. The molecular weight excluding hydrogens is 306 g/mol. The van der Waals surface area contributed by atoms with Crippen molar-refractivity contribution in [1.82, 2.24) is 15.5 Å². The number of benzene rings is 1. The number of carboxylic acid groups (broad SMARTS) is 1. The third kappa shape index (κ3) is 4.33. The van der Waals surface area contributed by atoms with Crippen LogP contribution in [0.4, 0.5) is 0 Å². The van der Waals surface area contributed by atoms with Gasteiger partial charge < -0.3 is 10.4 Å². The van der Waals surface area contributed by atoms with Gasteiger partial charge in [-0.25, -0.2) is 0 Å². The number of carbonyl (C=O) groups excluding carboxylic acids is 1. The van der Waals surface area contributed by atoms with Gasteiger partial charge in [0.2, 0.25) is 0 Å². The summed E-state index contributed by atoms with van der Waals surface area (Å²) < 4.78 is 0. The van der Waals surface area contributed by atoms with E-state index in [9.17, 15) is 9.59 Å². The molecule has 0 bridgehead atoms. The fraction of sp³-hybridized carbons (Fsp3) is 0.267. The van der Waals surface area contributed by atoms with Crippen LogP contribution in [0, 0.1) is 0 Å². The number of halogens is 1. The fourth-order valence-corrected chi connectivity index (χ4v) is 2.18. The molecule has 2 rings (SSSR count). The summed E-state index contributed by atoms with van der Waals surface area (Å²) in [5, 5.41) is 18.6. The molecule has 0 saturated heterocycles. The van der Waals surface area contributed by atoms with Crippen LogP contribution in [0.3, 0.4) is 0 Å². The van der Waals surface area contributed by atoms with E-state index in [2.05, 4.69) is 15.5 Å². The van der Waals surface area contributed by atoms with Crippen LogP contribution in [-0.4, -0.2) is 33.7 Å². The second kappa shape index (κ2) is 7.61. The Labute approximate surface area is 132 Å². The highest BCUT2D eigenvalue weighted by atomic mass is 35.5. The highest BCUT2D eigenvalue weighted by Crippen LogP contribution is 2.26. The minimum atomic E-state index is -0.829. The number of aromatic amines is 1. The molecule has 6 nitrogen and oxygen atoms in total. The van der Waals surface area contributed by atoms with Crippen molar-refractivity contribution in [3.63, 3.8) is 0 Å². The Morgan fingerprint density at radius 2 is 2.05 bits per heavy atom. The summed E-state index contributed by atoms with van der Waals surface area (Å²) in [7, 11) is 0. The third-order valence-corrected chi connectivity index (χ3v) is 3.40. The van der Waals surface area contributed by atoms with Gasteiger partial charge in [-0.2, -0.15) is 5.10 Å². The van der Waals surface area contributed by atoms with Gasteiger partial charge >= 0.3 is 5.97 Å². The van der Waals surface area contributed by atoms with E-state index in [-0.39, 0.29) is 12.3 Å². The molecule has 0 atom stereocenters. The number of amides is 1. The molecule has 7 heteroatoms. The van der Waals surface area contributed by atoms with E-state index in [0.29, 0.717) is 35.8 Å². The Morgan fingerprint density at radius 3 is 2.77 bits per heavy atom. The molecule has 116 valence electrons. The lowest BCUT2D eigenvalue weighted by molar-refractivity contribution is -0.137. The van der Waals surface area contributed by atoms with Crippen LogP contribution in [0.1, 0.15) is 29.8 Å². The summed E-state index contributed by atoms with van der Waals surface area (Å²) in [6, 6.07) is 8.88. The first-order valence-corrected chi connectivity index (χ1v) is 7.26. The SMILES string of the molecule is O=C(O)CCCCNC(=O)c1cc(-c2ccccc2Cl)n[nH]1. The smallest absolute Gasteiger partial charge is 0.303 e. The highest BCUT2D eigenvalue weighted by molar-refractivity contribution is 6.33. The highest BCUT2D eigenvalue weighted by Gasteiger charge is 2.12. The van der Waals surface area contributed by atoms with Gasteiger partial charge in [-0.1, -0.05) is 29.8 Å². The van der Waals surface area contributed by atoms with E-state index in [0.717, 1.165) is 5.56 Å². The van der Waals surface area contributed by atoms with Gasteiger partial charge in [0, 0.05) is 18.5 Å². The second-order valence-corrected chi connectivity index (χ2v) is 5.16. The summed E-state index contributed by atoms with van der Waals surface area (Å²) in [6.07, 6.45) is 1.25. The number of hydrogen-bond acceptors (Lipinski definition) is 3. The summed E-state index contributed by atoms with van der Waals surface area (Å²) in [5.41, 5.74) is 1.69. The number of carbonyl (C=O) groups is 2. The average molecular weight is 322 g/mol. The Bertz CT molecular complexity index is 670. The predicted molar refractivity (Wildman–Crippen MR) is 82.9 cm³/mol. The zero-order valence-electron chi connectivity index (χ0n) is 11.8. The number of nitrogens with zero attached hydrogens (tertiary/aromatic N) is 1. The van der Waals surface area contributed by atoms with E-state index in [4.69, 9.17) is 16.7 Å². The van der Waals surface area contributed by atoms with E-state index in [1.807, 2.05) is 18.2 Å². The van der Waals surface area contributed by atoms with Crippen LogP contribution >= 0.6 is 11.6 Å². The lowest BCUT2D eigenvalue weighted by Crippen LogP contribution is -2.24. The number of aromatic nitrogens is 2. The summed E-state index contributed by atoms with van der Waals surface area (Å²) >= 11 is 6.09. The quantitative estimate of drug-likeness (QED) is 0.683. The van der Waals surface area contributed by atoms with E-state index in [1.54, 1.807) is 12.1 Å². The first-order chi connectivity index (χ1) is 10.6. The Kier molecular flexibility index (Phi) is 5.55.